The Morgan fingerprint density at radius 2 is 1.60 bits per heavy atom. The number of rotatable bonds is 3. The number of hydrogen-bond donors (Lipinski definition) is 2. The van der Waals surface area contributed by atoms with Gasteiger partial charge >= 0.3 is 0 Å². The predicted octanol–water partition coefficient (Wildman–Crippen LogP) is 2.35. The van der Waals surface area contributed by atoms with E-state index < -0.39 is 0 Å². The number of carbonyl (C=O) groups is 1. The summed E-state index contributed by atoms with van der Waals surface area (Å²) in [5, 5.41) is 6.78. The number of hydrogen-bond acceptors (Lipinski definition) is 2. The minimum Gasteiger partial charge on any atom is -0.350 e. The molecular weight excluding hydrogens is 272 g/mol. The number of amides is 1. The molecule has 20 heavy (non-hydrogen) atoms. The molecule has 4 aliphatic carbocycles. The van der Waals surface area contributed by atoms with Gasteiger partial charge < -0.3 is 10.6 Å². The Morgan fingerprint density at radius 1 is 1.10 bits per heavy atom. The minimum absolute atomic E-state index is 0. The third kappa shape index (κ3) is 2.37. The van der Waals surface area contributed by atoms with E-state index >= 15 is 0 Å². The molecule has 1 saturated heterocycles. The molecule has 4 heteroatoms. The summed E-state index contributed by atoms with van der Waals surface area (Å²) in [5.74, 6) is 3.81. The first kappa shape index (κ1) is 14.6. The first-order valence-corrected chi connectivity index (χ1v) is 8.16. The van der Waals surface area contributed by atoms with Crippen LogP contribution in [0.3, 0.4) is 0 Å². The Morgan fingerprint density at radius 3 is 2.00 bits per heavy atom. The second-order valence-corrected chi connectivity index (χ2v) is 7.89. The van der Waals surface area contributed by atoms with Gasteiger partial charge in [0, 0.05) is 11.5 Å². The molecule has 0 aromatic heterocycles. The van der Waals surface area contributed by atoms with E-state index in [1.54, 1.807) is 0 Å². The molecule has 1 atom stereocenters. The molecule has 4 saturated carbocycles. The van der Waals surface area contributed by atoms with Gasteiger partial charge in [-0.3, -0.25) is 4.79 Å². The van der Waals surface area contributed by atoms with Crippen LogP contribution in [0.25, 0.3) is 0 Å². The molecule has 5 aliphatic rings. The van der Waals surface area contributed by atoms with Gasteiger partial charge in [-0.2, -0.15) is 0 Å². The van der Waals surface area contributed by atoms with Gasteiger partial charge in [-0.15, -0.1) is 12.4 Å². The first-order valence-electron chi connectivity index (χ1n) is 8.16. The lowest BCUT2D eigenvalue weighted by Gasteiger charge is -2.57. The van der Waals surface area contributed by atoms with Crippen molar-refractivity contribution in [3.8, 4) is 0 Å². The van der Waals surface area contributed by atoms with Crippen LogP contribution in [0.1, 0.15) is 45.4 Å². The quantitative estimate of drug-likeness (QED) is 0.840. The molecule has 4 bridgehead atoms. The molecule has 0 aromatic carbocycles. The molecule has 0 spiro atoms. The molecule has 2 N–H and O–H groups in total. The monoisotopic (exact) mass is 298 g/mol. The summed E-state index contributed by atoms with van der Waals surface area (Å²) < 4.78 is 0. The lowest BCUT2D eigenvalue weighted by Crippen LogP contribution is -2.61. The van der Waals surface area contributed by atoms with Crippen molar-refractivity contribution >= 4 is 18.3 Å². The van der Waals surface area contributed by atoms with Gasteiger partial charge in [-0.25, -0.2) is 0 Å². The molecule has 1 heterocycles. The van der Waals surface area contributed by atoms with Crippen molar-refractivity contribution in [2.45, 2.75) is 51.0 Å². The molecule has 114 valence electrons. The lowest BCUT2D eigenvalue weighted by molar-refractivity contribution is -0.132. The summed E-state index contributed by atoms with van der Waals surface area (Å²) in [4.78, 5) is 12.5. The normalized spacial score (nSPS) is 43.5. The highest BCUT2D eigenvalue weighted by molar-refractivity contribution is 5.85. The molecule has 3 nitrogen and oxygen atoms in total. The van der Waals surface area contributed by atoms with Crippen molar-refractivity contribution in [1.82, 2.24) is 10.6 Å². The minimum atomic E-state index is 0. The number of nitrogens with one attached hydrogen (secondary N) is 2. The van der Waals surface area contributed by atoms with E-state index in [-0.39, 0.29) is 23.9 Å². The Bertz CT molecular complexity index is 359. The van der Waals surface area contributed by atoms with Gasteiger partial charge in [0.25, 0.3) is 0 Å². The summed E-state index contributed by atoms with van der Waals surface area (Å²) in [6.45, 7) is 4.16. The van der Waals surface area contributed by atoms with Crippen molar-refractivity contribution in [3.63, 3.8) is 0 Å². The first-order chi connectivity index (χ1) is 9.13. The van der Waals surface area contributed by atoms with E-state index in [0.717, 1.165) is 30.8 Å². The molecule has 0 radical (unpaired) electrons. The van der Waals surface area contributed by atoms with Crippen LogP contribution in [0, 0.1) is 29.6 Å². The molecule has 1 aliphatic heterocycles. The fraction of sp³-hybridized carbons (Fsp3) is 0.938. The molecule has 1 unspecified atom stereocenters. The van der Waals surface area contributed by atoms with Gasteiger partial charge in [-0.1, -0.05) is 6.92 Å². The van der Waals surface area contributed by atoms with Crippen molar-refractivity contribution < 1.29 is 4.79 Å². The maximum atomic E-state index is 12.5. The van der Waals surface area contributed by atoms with Gasteiger partial charge in [0.15, 0.2) is 0 Å². The Balaban J connectivity index is 0.00000121. The zero-order chi connectivity index (χ0) is 13.0. The Hall–Kier alpha value is -0.280. The van der Waals surface area contributed by atoms with Crippen molar-refractivity contribution in [2.75, 3.05) is 13.1 Å². The number of carbonyl (C=O) groups excluding carboxylic acids is 1. The van der Waals surface area contributed by atoms with Gasteiger partial charge in [0.1, 0.15) is 0 Å². The van der Waals surface area contributed by atoms with Crippen LogP contribution in [-0.4, -0.2) is 24.5 Å². The van der Waals surface area contributed by atoms with E-state index in [1.807, 2.05) is 0 Å². The highest BCUT2D eigenvalue weighted by Crippen LogP contribution is 2.55. The van der Waals surface area contributed by atoms with E-state index in [4.69, 9.17) is 0 Å². The van der Waals surface area contributed by atoms with E-state index in [0.29, 0.717) is 11.8 Å². The van der Waals surface area contributed by atoms with Crippen LogP contribution < -0.4 is 10.6 Å². The Labute approximate surface area is 128 Å². The summed E-state index contributed by atoms with van der Waals surface area (Å²) >= 11 is 0. The molecular formula is C16H27ClN2O. The fourth-order valence-electron chi connectivity index (χ4n) is 5.52. The van der Waals surface area contributed by atoms with Crippen LogP contribution in [-0.2, 0) is 4.79 Å². The second kappa shape index (κ2) is 5.17. The van der Waals surface area contributed by atoms with Gasteiger partial charge in [0.2, 0.25) is 5.91 Å². The largest absolute Gasteiger partial charge is 0.350 e. The van der Waals surface area contributed by atoms with Crippen LogP contribution in [0.15, 0.2) is 0 Å². The van der Waals surface area contributed by atoms with Crippen molar-refractivity contribution in [2.24, 2.45) is 29.6 Å². The maximum Gasteiger partial charge on any atom is 0.223 e. The van der Waals surface area contributed by atoms with E-state index in [9.17, 15) is 4.79 Å². The average molecular weight is 299 g/mol. The van der Waals surface area contributed by atoms with E-state index in [2.05, 4.69) is 17.6 Å². The van der Waals surface area contributed by atoms with Crippen LogP contribution in [0.2, 0.25) is 0 Å². The Kier molecular flexibility index (Phi) is 3.79. The summed E-state index contributed by atoms with van der Waals surface area (Å²) in [6.07, 6.45) is 8.12. The molecule has 5 rings (SSSR count). The zero-order valence-corrected chi connectivity index (χ0v) is 13.2. The van der Waals surface area contributed by atoms with Crippen LogP contribution in [0.4, 0.5) is 0 Å². The summed E-state index contributed by atoms with van der Waals surface area (Å²) in [5.41, 5.74) is 0.192. The lowest BCUT2D eigenvalue weighted by atomic mass is 9.53. The third-order valence-corrected chi connectivity index (χ3v) is 6.36. The molecule has 0 aromatic rings. The molecule has 1 amide bonds. The SMILES string of the molecule is CC(C(=O)NC12CC3CC(CC(C3)C1)C2)C1CNC1.Cl. The maximum absolute atomic E-state index is 12.5. The zero-order valence-electron chi connectivity index (χ0n) is 12.4. The second-order valence-electron chi connectivity index (χ2n) is 7.89. The van der Waals surface area contributed by atoms with E-state index in [1.165, 1.54) is 38.5 Å². The molecule has 5 fully saturated rings. The van der Waals surface area contributed by atoms with Crippen molar-refractivity contribution in [1.29, 1.82) is 0 Å². The summed E-state index contributed by atoms with van der Waals surface area (Å²) in [6, 6.07) is 0. The van der Waals surface area contributed by atoms with Gasteiger partial charge in [0.05, 0.1) is 0 Å². The van der Waals surface area contributed by atoms with Crippen LogP contribution in [0.5, 0.6) is 0 Å². The third-order valence-electron chi connectivity index (χ3n) is 6.36. The highest BCUT2D eigenvalue weighted by Gasteiger charge is 2.51. The smallest absolute Gasteiger partial charge is 0.223 e. The predicted molar refractivity (Wildman–Crippen MR) is 81.8 cm³/mol. The fourth-order valence-corrected chi connectivity index (χ4v) is 5.52. The van der Waals surface area contributed by atoms with Crippen LogP contribution >= 0.6 is 12.4 Å². The highest BCUT2D eigenvalue weighted by atomic mass is 35.5. The topological polar surface area (TPSA) is 41.1 Å². The summed E-state index contributed by atoms with van der Waals surface area (Å²) in [7, 11) is 0. The number of halogens is 1. The standard InChI is InChI=1S/C16H26N2O.ClH/c1-10(14-8-17-9-14)15(19)18-16-5-11-2-12(6-16)4-13(3-11)7-16;/h10-14,17H,2-9H2,1H3,(H,18,19);1H. The van der Waals surface area contributed by atoms with Crippen molar-refractivity contribution in [3.05, 3.63) is 0 Å². The average Bonchev–Trinajstić information content (AvgIpc) is 2.23. The van der Waals surface area contributed by atoms with Gasteiger partial charge in [-0.05, 0) is 75.3 Å².